The number of carbonyl (C=O) groups excluding carboxylic acids is 4. The molecule has 0 aromatic carbocycles. The van der Waals surface area contributed by atoms with Crippen LogP contribution in [0.2, 0.25) is 0 Å². The zero-order chi connectivity index (χ0) is 31.7. The smallest absolute Gasteiger partial charge is 0.378 e. The maximum atomic E-state index is 13.7. The van der Waals surface area contributed by atoms with Crippen molar-refractivity contribution in [3.8, 4) is 0 Å². The number of oxime groups is 1. The van der Waals surface area contributed by atoms with Gasteiger partial charge in [0.25, 0.3) is 0 Å². The minimum atomic E-state index is -1.51. The molecule has 1 amide bonds. The highest BCUT2D eigenvalue weighted by atomic mass is 32.2. The van der Waals surface area contributed by atoms with Gasteiger partial charge < -0.3 is 14.2 Å². The molecule has 0 aliphatic carbocycles. The van der Waals surface area contributed by atoms with Crippen LogP contribution in [0.5, 0.6) is 0 Å². The van der Waals surface area contributed by atoms with Crippen molar-refractivity contribution in [3.05, 3.63) is 51.2 Å². The molecular formula is C28H31BN4O7S3. The number of carbonyl (C=O) groups is 4. The third-order valence-electron chi connectivity index (χ3n) is 6.30. The summed E-state index contributed by atoms with van der Waals surface area (Å²) in [5, 5.41) is 5.69. The highest BCUT2D eigenvalue weighted by molar-refractivity contribution is 8.06. The van der Waals surface area contributed by atoms with E-state index in [1.807, 2.05) is 6.92 Å². The lowest BCUT2D eigenvalue weighted by molar-refractivity contribution is -0.179. The third kappa shape index (κ3) is 7.32. The Morgan fingerprint density at radius 1 is 1.16 bits per heavy atom. The van der Waals surface area contributed by atoms with Crippen LogP contribution in [-0.4, -0.2) is 74.1 Å². The first-order chi connectivity index (χ1) is 20.1. The standard InChI is InChI=1S/C28H31BN4O7S3/c1-14-22(43-16-8-10-30-11-9-16)21(25(36)39-29)33-23(35)17(24(33)42-14)12-19(34)20(18-13-41-15(2)31-18)32-40-28(6,7)26(37)38-27(3,4)5/h8-11,13-14,17,24H,12H2,1-7H3/b32-20-/t14-,17+,24+/m0/s1. The topological polar surface area (TPSA) is 137 Å². The van der Waals surface area contributed by atoms with Crippen molar-refractivity contribution in [3.63, 3.8) is 0 Å². The van der Waals surface area contributed by atoms with Gasteiger partial charge in [-0.3, -0.25) is 19.5 Å². The SMILES string of the molecule is [B]OC(=O)C1=C(Sc2ccncc2)[C@H](C)S[C@@H]2[C@H](CC(=O)/C(=N\OC(C)(C)C(=O)OC(C)(C)C)c3csc(C)n3)C(=O)N12. The van der Waals surface area contributed by atoms with Gasteiger partial charge in [-0.05, 0) is 60.6 Å². The molecule has 1 fully saturated rings. The molecule has 2 aliphatic heterocycles. The van der Waals surface area contributed by atoms with E-state index in [1.54, 1.807) is 57.6 Å². The Kier molecular flexibility index (Phi) is 9.77. The maximum Gasteiger partial charge on any atom is 0.378 e. The number of Topliss-reactive ketones (excluding diaryl/α,β-unsaturated/α-hetero) is 1. The Hall–Kier alpha value is -3.17. The van der Waals surface area contributed by atoms with Gasteiger partial charge in [-0.25, -0.2) is 14.6 Å². The molecule has 4 rings (SSSR count). The van der Waals surface area contributed by atoms with Crippen molar-refractivity contribution < 1.29 is 33.4 Å². The van der Waals surface area contributed by atoms with E-state index in [-0.39, 0.29) is 28.8 Å². The summed E-state index contributed by atoms with van der Waals surface area (Å²) in [4.78, 5) is 69.4. The Balaban J connectivity index is 1.58. The number of rotatable bonds is 10. The number of β-lactam (4-membered cyclic amide) rings is 1. The van der Waals surface area contributed by atoms with Gasteiger partial charge in [0.1, 0.15) is 17.0 Å². The van der Waals surface area contributed by atoms with Crippen LogP contribution < -0.4 is 0 Å². The van der Waals surface area contributed by atoms with Crippen molar-refractivity contribution in [2.45, 2.75) is 81.6 Å². The number of amides is 1. The summed E-state index contributed by atoms with van der Waals surface area (Å²) in [7, 11) is 5.26. The van der Waals surface area contributed by atoms with Gasteiger partial charge in [-0.2, -0.15) is 0 Å². The van der Waals surface area contributed by atoms with Crippen LogP contribution in [0.3, 0.4) is 0 Å². The van der Waals surface area contributed by atoms with Crippen molar-refractivity contribution >= 4 is 72.3 Å². The number of thiazole rings is 1. The predicted molar refractivity (Wildman–Crippen MR) is 164 cm³/mol. The molecule has 4 heterocycles. The molecule has 3 atom stereocenters. The van der Waals surface area contributed by atoms with Gasteiger partial charge in [0.05, 0.1) is 16.3 Å². The molecule has 0 N–H and O–H groups in total. The van der Waals surface area contributed by atoms with Crippen LogP contribution in [-0.2, 0) is 33.4 Å². The number of ketones is 1. The van der Waals surface area contributed by atoms with Crippen LogP contribution in [0.1, 0.15) is 58.7 Å². The third-order valence-corrected chi connectivity index (χ3v) is 9.96. The van der Waals surface area contributed by atoms with Gasteiger partial charge in [-0.15, -0.1) is 23.1 Å². The molecule has 0 bridgehead atoms. The molecule has 0 saturated carbocycles. The highest BCUT2D eigenvalue weighted by Gasteiger charge is 2.56. The van der Waals surface area contributed by atoms with E-state index in [0.717, 1.165) is 4.90 Å². The summed E-state index contributed by atoms with van der Waals surface area (Å²) in [6, 6.07) is 3.58. The lowest BCUT2D eigenvalue weighted by atomic mass is 9.89. The number of hydrogen-bond donors (Lipinski definition) is 0. The summed E-state index contributed by atoms with van der Waals surface area (Å²) in [5.41, 5.74) is -2.05. The molecular weight excluding hydrogens is 611 g/mol. The number of fused-ring (bicyclic) bond motifs is 1. The fourth-order valence-electron chi connectivity index (χ4n) is 4.21. The average molecular weight is 643 g/mol. The highest BCUT2D eigenvalue weighted by Crippen LogP contribution is 2.52. The van der Waals surface area contributed by atoms with E-state index < -0.39 is 46.1 Å². The van der Waals surface area contributed by atoms with Gasteiger partial charge in [0.2, 0.25) is 11.5 Å². The molecule has 2 aliphatic rings. The first kappa shape index (κ1) is 32.7. The van der Waals surface area contributed by atoms with Gasteiger partial charge in [0.15, 0.2) is 11.5 Å². The normalized spacial score (nSPS) is 20.7. The second-order valence-electron chi connectivity index (χ2n) is 11.3. The Morgan fingerprint density at radius 3 is 2.42 bits per heavy atom. The lowest BCUT2D eigenvalue weighted by Crippen LogP contribution is -2.62. The second kappa shape index (κ2) is 12.8. The van der Waals surface area contributed by atoms with Crippen LogP contribution in [0.15, 0.2) is 50.6 Å². The van der Waals surface area contributed by atoms with Crippen LogP contribution in [0.4, 0.5) is 0 Å². The summed E-state index contributed by atoms with van der Waals surface area (Å²) >= 11 is 4.09. The monoisotopic (exact) mass is 642 g/mol. The molecule has 15 heteroatoms. The van der Waals surface area contributed by atoms with E-state index in [2.05, 4.69) is 19.8 Å². The Labute approximate surface area is 263 Å². The predicted octanol–water partition coefficient (Wildman–Crippen LogP) is 4.20. The van der Waals surface area contributed by atoms with Crippen molar-refractivity contribution in [2.75, 3.05) is 0 Å². The summed E-state index contributed by atoms with van der Waals surface area (Å²) in [6.07, 6.45) is 3.04. The van der Waals surface area contributed by atoms with E-state index in [0.29, 0.717) is 9.91 Å². The lowest BCUT2D eigenvalue weighted by Gasteiger charge is -2.51. The number of hydrogen-bond acceptors (Lipinski definition) is 13. The number of thioether (sulfide) groups is 2. The molecule has 0 unspecified atom stereocenters. The zero-order valence-corrected chi connectivity index (χ0v) is 27.2. The maximum absolute atomic E-state index is 13.7. The second-order valence-corrected chi connectivity index (χ2v) is 14.9. The molecule has 2 aromatic heterocycles. The zero-order valence-electron chi connectivity index (χ0n) is 24.8. The molecule has 1 saturated heterocycles. The van der Waals surface area contributed by atoms with Crippen LogP contribution in [0, 0.1) is 12.8 Å². The minimum absolute atomic E-state index is 0.0562. The van der Waals surface area contributed by atoms with E-state index >= 15 is 0 Å². The Morgan fingerprint density at radius 2 is 1.84 bits per heavy atom. The van der Waals surface area contributed by atoms with Gasteiger partial charge >= 0.3 is 20.0 Å². The van der Waals surface area contributed by atoms with Gasteiger partial charge in [-0.1, -0.05) is 16.9 Å². The first-order valence-corrected chi connectivity index (χ1v) is 15.9. The molecule has 0 spiro atoms. The van der Waals surface area contributed by atoms with Crippen molar-refractivity contribution in [1.82, 2.24) is 14.9 Å². The number of esters is 1. The Bertz CT molecular complexity index is 1490. The number of nitrogens with zero attached hydrogens (tertiary/aromatic N) is 4. The first-order valence-electron chi connectivity index (χ1n) is 13.3. The molecule has 226 valence electrons. The van der Waals surface area contributed by atoms with Crippen LogP contribution in [0.25, 0.3) is 0 Å². The largest absolute Gasteiger partial charge is 0.539 e. The molecule has 43 heavy (non-hydrogen) atoms. The summed E-state index contributed by atoms with van der Waals surface area (Å²) in [5.74, 6) is -3.18. The summed E-state index contributed by atoms with van der Waals surface area (Å²) in [6.45, 7) is 11.9. The van der Waals surface area contributed by atoms with E-state index in [1.165, 1.54) is 53.6 Å². The minimum Gasteiger partial charge on any atom is -0.539 e. The molecule has 2 radical (unpaired) electrons. The summed E-state index contributed by atoms with van der Waals surface area (Å²) < 4.78 is 9.99. The number of ether oxygens (including phenoxy) is 1. The van der Waals surface area contributed by atoms with Crippen molar-refractivity contribution in [1.29, 1.82) is 0 Å². The van der Waals surface area contributed by atoms with Crippen LogP contribution >= 0.6 is 34.9 Å². The number of pyridine rings is 1. The molecule has 2 aromatic rings. The van der Waals surface area contributed by atoms with Gasteiger partial charge in [0, 0.05) is 39.2 Å². The van der Waals surface area contributed by atoms with E-state index in [4.69, 9.17) is 17.6 Å². The average Bonchev–Trinajstić information content (AvgIpc) is 3.37. The fourth-order valence-corrected chi connectivity index (χ4v) is 7.47. The number of aromatic nitrogens is 2. The fraction of sp³-hybridized carbons (Fsp3) is 0.464. The van der Waals surface area contributed by atoms with Crippen molar-refractivity contribution in [2.24, 2.45) is 11.1 Å². The van der Waals surface area contributed by atoms with E-state index in [9.17, 15) is 19.2 Å². The molecule has 11 nitrogen and oxygen atoms in total. The quantitative estimate of drug-likeness (QED) is 0.121. The number of aryl methyl sites for hydroxylation is 1.